The van der Waals surface area contributed by atoms with Gasteiger partial charge in [-0.3, -0.25) is 4.79 Å². The number of aryl methyl sites for hydroxylation is 1. The smallest absolute Gasteiger partial charge is 0.256 e. The first-order chi connectivity index (χ1) is 14.6. The molecule has 8 heteroatoms. The van der Waals surface area contributed by atoms with Gasteiger partial charge in [0.25, 0.3) is 5.91 Å². The predicted molar refractivity (Wildman–Crippen MR) is 123 cm³/mol. The second-order valence-electron chi connectivity index (χ2n) is 6.53. The van der Waals surface area contributed by atoms with Crippen LogP contribution < -0.4 is 10.1 Å². The van der Waals surface area contributed by atoms with Crippen molar-refractivity contribution in [3.05, 3.63) is 59.8 Å². The Morgan fingerprint density at radius 1 is 1.20 bits per heavy atom. The van der Waals surface area contributed by atoms with E-state index in [2.05, 4.69) is 17.3 Å². The minimum absolute atomic E-state index is 0.175. The van der Waals surface area contributed by atoms with Crippen molar-refractivity contribution in [1.29, 1.82) is 0 Å². The van der Waals surface area contributed by atoms with E-state index in [-0.39, 0.29) is 5.91 Å². The standard InChI is InChI=1S/C22H22N4O2S2/c1-4-28-17-10-7-11-18-20(17)24-22(30-18)26-19(12-14(3)25-26)23-21(27)15-8-6-9-16(13-15)29-5-2/h6-13H,4-5H2,1-3H3,(H,23,27). The molecule has 1 amide bonds. The van der Waals surface area contributed by atoms with E-state index in [1.165, 1.54) is 11.3 Å². The van der Waals surface area contributed by atoms with E-state index in [9.17, 15) is 4.79 Å². The summed E-state index contributed by atoms with van der Waals surface area (Å²) in [4.78, 5) is 18.7. The Balaban J connectivity index is 1.66. The van der Waals surface area contributed by atoms with Crippen molar-refractivity contribution >= 4 is 45.0 Å². The number of hydrogen-bond acceptors (Lipinski definition) is 6. The number of ether oxygens (including phenoxy) is 1. The molecule has 0 aliphatic carbocycles. The highest BCUT2D eigenvalue weighted by Gasteiger charge is 2.17. The van der Waals surface area contributed by atoms with Crippen LogP contribution in [0.1, 0.15) is 29.9 Å². The van der Waals surface area contributed by atoms with Crippen molar-refractivity contribution in [2.45, 2.75) is 25.7 Å². The molecule has 0 unspecified atom stereocenters. The fraction of sp³-hybridized carbons (Fsp3) is 0.227. The summed E-state index contributed by atoms with van der Waals surface area (Å²) in [6.45, 7) is 6.51. The number of carbonyl (C=O) groups is 1. The summed E-state index contributed by atoms with van der Waals surface area (Å²) in [6, 6.07) is 15.3. The normalized spacial score (nSPS) is 11.0. The number of rotatable bonds is 7. The van der Waals surface area contributed by atoms with Gasteiger partial charge in [0, 0.05) is 16.5 Å². The number of benzene rings is 2. The Kier molecular flexibility index (Phi) is 6.06. The maximum absolute atomic E-state index is 12.9. The van der Waals surface area contributed by atoms with Crippen LogP contribution in [0.5, 0.6) is 5.75 Å². The van der Waals surface area contributed by atoms with Crippen LogP contribution in [0.3, 0.4) is 0 Å². The number of anilines is 1. The maximum Gasteiger partial charge on any atom is 0.256 e. The number of nitrogens with zero attached hydrogens (tertiary/aromatic N) is 3. The Labute approximate surface area is 183 Å². The zero-order chi connectivity index (χ0) is 21.1. The van der Waals surface area contributed by atoms with Crippen molar-refractivity contribution in [2.24, 2.45) is 0 Å². The minimum Gasteiger partial charge on any atom is -0.492 e. The van der Waals surface area contributed by atoms with E-state index < -0.39 is 0 Å². The van der Waals surface area contributed by atoms with E-state index in [0.717, 1.165) is 32.3 Å². The highest BCUT2D eigenvalue weighted by atomic mass is 32.2. The van der Waals surface area contributed by atoms with Gasteiger partial charge in [0.1, 0.15) is 17.1 Å². The number of nitrogens with one attached hydrogen (secondary N) is 1. The van der Waals surface area contributed by atoms with E-state index in [1.807, 2.05) is 62.4 Å². The van der Waals surface area contributed by atoms with Crippen LogP contribution in [0.2, 0.25) is 0 Å². The summed E-state index contributed by atoms with van der Waals surface area (Å²) in [5, 5.41) is 8.21. The first-order valence-electron chi connectivity index (χ1n) is 9.72. The van der Waals surface area contributed by atoms with Crippen LogP contribution in [-0.4, -0.2) is 33.0 Å². The number of carbonyl (C=O) groups excluding carboxylic acids is 1. The molecular weight excluding hydrogens is 416 g/mol. The number of thioether (sulfide) groups is 1. The number of fused-ring (bicyclic) bond motifs is 1. The molecule has 4 aromatic rings. The van der Waals surface area contributed by atoms with Crippen molar-refractivity contribution < 1.29 is 9.53 Å². The van der Waals surface area contributed by atoms with Gasteiger partial charge in [0.05, 0.1) is 17.0 Å². The average molecular weight is 439 g/mol. The lowest BCUT2D eigenvalue weighted by Crippen LogP contribution is -2.15. The van der Waals surface area contributed by atoms with Gasteiger partial charge < -0.3 is 10.1 Å². The summed E-state index contributed by atoms with van der Waals surface area (Å²) in [7, 11) is 0. The highest BCUT2D eigenvalue weighted by molar-refractivity contribution is 7.99. The lowest BCUT2D eigenvalue weighted by Gasteiger charge is -2.07. The molecule has 2 aromatic carbocycles. The molecule has 0 spiro atoms. The van der Waals surface area contributed by atoms with E-state index in [0.29, 0.717) is 23.1 Å². The van der Waals surface area contributed by atoms with Crippen LogP contribution in [0, 0.1) is 6.92 Å². The molecule has 0 aliphatic heterocycles. The molecular formula is C22H22N4O2S2. The second-order valence-corrected chi connectivity index (χ2v) is 8.88. The molecule has 30 heavy (non-hydrogen) atoms. The SMILES string of the molecule is CCOc1cccc2sc(-n3nc(C)cc3NC(=O)c3cccc(SCC)c3)nc12. The van der Waals surface area contributed by atoms with E-state index >= 15 is 0 Å². The Hall–Kier alpha value is -2.84. The van der Waals surface area contributed by atoms with Gasteiger partial charge in [-0.1, -0.05) is 30.4 Å². The minimum atomic E-state index is -0.175. The summed E-state index contributed by atoms with van der Waals surface area (Å²) < 4.78 is 8.38. The van der Waals surface area contributed by atoms with Gasteiger partial charge in [0.2, 0.25) is 5.13 Å². The van der Waals surface area contributed by atoms with Crippen molar-refractivity contribution in [3.8, 4) is 10.9 Å². The molecule has 0 radical (unpaired) electrons. The Morgan fingerprint density at radius 3 is 2.83 bits per heavy atom. The van der Waals surface area contributed by atoms with E-state index in [4.69, 9.17) is 9.72 Å². The van der Waals surface area contributed by atoms with Crippen LogP contribution in [-0.2, 0) is 0 Å². The van der Waals surface area contributed by atoms with Crippen LogP contribution in [0.15, 0.2) is 53.4 Å². The number of para-hydroxylation sites is 1. The molecule has 4 rings (SSSR count). The molecule has 2 heterocycles. The molecule has 0 bridgehead atoms. The zero-order valence-corrected chi connectivity index (χ0v) is 18.6. The molecule has 0 saturated heterocycles. The quantitative estimate of drug-likeness (QED) is 0.383. The van der Waals surface area contributed by atoms with Crippen molar-refractivity contribution in [1.82, 2.24) is 14.8 Å². The van der Waals surface area contributed by atoms with Gasteiger partial charge in [-0.15, -0.1) is 11.8 Å². The fourth-order valence-corrected chi connectivity index (χ4v) is 4.76. The number of amides is 1. The van der Waals surface area contributed by atoms with Crippen LogP contribution in [0.4, 0.5) is 5.82 Å². The first kappa shape index (κ1) is 20.4. The lowest BCUT2D eigenvalue weighted by molar-refractivity contribution is 0.102. The molecule has 0 fully saturated rings. The number of hydrogen-bond donors (Lipinski definition) is 1. The molecule has 0 atom stereocenters. The molecule has 6 nitrogen and oxygen atoms in total. The Bertz CT molecular complexity index is 1200. The molecule has 0 saturated carbocycles. The highest BCUT2D eigenvalue weighted by Crippen LogP contribution is 2.32. The Morgan fingerprint density at radius 2 is 2.03 bits per heavy atom. The third-order valence-electron chi connectivity index (χ3n) is 4.33. The van der Waals surface area contributed by atoms with Crippen molar-refractivity contribution in [2.75, 3.05) is 17.7 Å². The summed E-state index contributed by atoms with van der Waals surface area (Å²) in [5.41, 5.74) is 2.21. The predicted octanol–water partition coefficient (Wildman–Crippen LogP) is 5.55. The van der Waals surface area contributed by atoms with Gasteiger partial charge in [-0.05, 0) is 49.9 Å². The monoisotopic (exact) mass is 438 g/mol. The van der Waals surface area contributed by atoms with Crippen LogP contribution in [0.25, 0.3) is 15.3 Å². The van der Waals surface area contributed by atoms with Crippen molar-refractivity contribution in [3.63, 3.8) is 0 Å². The molecule has 2 aromatic heterocycles. The summed E-state index contributed by atoms with van der Waals surface area (Å²) in [6.07, 6.45) is 0. The topological polar surface area (TPSA) is 69.0 Å². The second kappa shape index (κ2) is 8.89. The number of thiazole rings is 1. The molecule has 0 aliphatic rings. The maximum atomic E-state index is 12.9. The fourth-order valence-electron chi connectivity index (χ4n) is 3.09. The van der Waals surface area contributed by atoms with Gasteiger partial charge >= 0.3 is 0 Å². The third-order valence-corrected chi connectivity index (χ3v) is 6.20. The third kappa shape index (κ3) is 4.20. The van der Waals surface area contributed by atoms with Gasteiger partial charge in [-0.2, -0.15) is 9.78 Å². The molecule has 1 N–H and O–H groups in total. The summed E-state index contributed by atoms with van der Waals surface area (Å²) >= 11 is 3.21. The number of aromatic nitrogens is 3. The largest absolute Gasteiger partial charge is 0.492 e. The van der Waals surface area contributed by atoms with Gasteiger partial charge in [-0.25, -0.2) is 4.98 Å². The zero-order valence-electron chi connectivity index (χ0n) is 17.0. The van der Waals surface area contributed by atoms with Crippen LogP contribution >= 0.6 is 23.1 Å². The van der Waals surface area contributed by atoms with E-state index in [1.54, 1.807) is 16.4 Å². The molecule has 154 valence electrons. The first-order valence-corrected chi connectivity index (χ1v) is 11.5. The average Bonchev–Trinajstić information content (AvgIpc) is 3.32. The lowest BCUT2D eigenvalue weighted by atomic mass is 10.2. The van der Waals surface area contributed by atoms with Gasteiger partial charge in [0.15, 0.2) is 0 Å². The summed E-state index contributed by atoms with van der Waals surface area (Å²) in [5.74, 6) is 2.12.